The summed E-state index contributed by atoms with van der Waals surface area (Å²) >= 11 is 0. The molecule has 1 rings (SSSR count). The van der Waals surface area contributed by atoms with E-state index in [1.807, 2.05) is 0 Å². The number of nitrogens with one attached hydrogen (secondary N) is 1. The third-order valence-electron chi connectivity index (χ3n) is 3.14. The maximum atomic E-state index is 11.9. The van der Waals surface area contributed by atoms with E-state index in [-0.39, 0.29) is 0 Å². The third kappa shape index (κ3) is 5.16. The van der Waals surface area contributed by atoms with Crippen LogP contribution in [0.15, 0.2) is 0 Å². The van der Waals surface area contributed by atoms with E-state index in [1.54, 1.807) is 0 Å². The van der Waals surface area contributed by atoms with Gasteiger partial charge in [0.05, 0.1) is 6.54 Å². The van der Waals surface area contributed by atoms with Gasteiger partial charge in [-0.15, -0.1) is 0 Å². The fourth-order valence-electron chi connectivity index (χ4n) is 2.30. The van der Waals surface area contributed by atoms with Crippen LogP contribution in [0.5, 0.6) is 0 Å². The first-order chi connectivity index (χ1) is 7.53. The summed E-state index contributed by atoms with van der Waals surface area (Å²) in [5.74, 6) is 0. The first-order valence-electron chi connectivity index (χ1n) is 6.04. The molecule has 1 aliphatic heterocycles. The van der Waals surface area contributed by atoms with Gasteiger partial charge in [0.25, 0.3) is 0 Å². The van der Waals surface area contributed by atoms with Crippen molar-refractivity contribution in [2.24, 2.45) is 0 Å². The van der Waals surface area contributed by atoms with E-state index in [1.165, 1.54) is 12.8 Å². The molecule has 0 spiro atoms. The first kappa shape index (κ1) is 13.8. The van der Waals surface area contributed by atoms with Crippen LogP contribution in [-0.2, 0) is 0 Å². The second-order valence-electron chi connectivity index (χ2n) is 4.36. The molecule has 0 bridgehead atoms. The minimum Gasteiger partial charge on any atom is -0.309 e. The summed E-state index contributed by atoms with van der Waals surface area (Å²) < 4.78 is 35.7. The van der Waals surface area contributed by atoms with Gasteiger partial charge >= 0.3 is 6.18 Å². The fraction of sp³-hybridized carbons (Fsp3) is 1.00. The van der Waals surface area contributed by atoms with E-state index in [2.05, 4.69) is 17.1 Å². The van der Waals surface area contributed by atoms with E-state index in [4.69, 9.17) is 0 Å². The molecule has 0 saturated carbocycles. The van der Waals surface area contributed by atoms with Gasteiger partial charge in [-0.05, 0) is 38.9 Å². The fourth-order valence-corrected chi connectivity index (χ4v) is 2.30. The number of alkyl halides is 3. The molecule has 0 radical (unpaired) electrons. The Morgan fingerprint density at radius 3 is 2.69 bits per heavy atom. The molecule has 5 heteroatoms. The molecule has 96 valence electrons. The predicted molar refractivity (Wildman–Crippen MR) is 58.4 cm³/mol. The Morgan fingerprint density at radius 2 is 2.06 bits per heavy atom. The molecule has 1 fully saturated rings. The van der Waals surface area contributed by atoms with Gasteiger partial charge in [-0.1, -0.05) is 13.3 Å². The Kier molecular flexibility index (Phi) is 5.55. The second-order valence-corrected chi connectivity index (χ2v) is 4.36. The van der Waals surface area contributed by atoms with Gasteiger partial charge < -0.3 is 10.2 Å². The highest BCUT2D eigenvalue weighted by molar-refractivity contribution is 4.76. The zero-order valence-electron chi connectivity index (χ0n) is 9.82. The maximum absolute atomic E-state index is 11.9. The zero-order valence-corrected chi connectivity index (χ0v) is 9.82. The van der Waals surface area contributed by atoms with Crippen molar-refractivity contribution in [3.05, 3.63) is 0 Å². The standard InChI is InChI=1S/C11H21F3N2/c1-2-16-8-4-3-5-10(16)6-7-15-9-11(12,13)14/h10,15H,2-9H2,1H3. The highest BCUT2D eigenvalue weighted by Crippen LogP contribution is 2.19. The Labute approximate surface area is 95.2 Å². The summed E-state index contributed by atoms with van der Waals surface area (Å²) in [5.41, 5.74) is 0. The van der Waals surface area contributed by atoms with Crippen LogP contribution >= 0.6 is 0 Å². The summed E-state index contributed by atoms with van der Waals surface area (Å²) in [6, 6.07) is 0.472. The smallest absolute Gasteiger partial charge is 0.309 e. The van der Waals surface area contributed by atoms with Crippen LogP contribution in [0.4, 0.5) is 13.2 Å². The Bertz CT molecular complexity index is 194. The molecule has 1 unspecified atom stereocenters. The summed E-state index contributed by atoms with van der Waals surface area (Å²) in [6.45, 7) is 3.80. The number of rotatable bonds is 5. The van der Waals surface area contributed by atoms with Crippen LogP contribution in [0.1, 0.15) is 32.6 Å². The van der Waals surface area contributed by atoms with Crippen molar-refractivity contribution >= 4 is 0 Å². The number of halogens is 3. The molecule has 1 atom stereocenters. The predicted octanol–water partition coefficient (Wildman–Crippen LogP) is 2.40. The van der Waals surface area contributed by atoms with Gasteiger partial charge in [0, 0.05) is 6.04 Å². The SMILES string of the molecule is CCN1CCCCC1CCNCC(F)(F)F. The minimum absolute atomic E-state index is 0.459. The number of hydrogen-bond donors (Lipinski definition) is 1. The Hall–Kier alpha value is -0.290. The van der Waals surface area contributed by atoms with Gasteiger partial charge in [0.1, 0.15) is 0 Å². The lowest BCUT2D eigenvalue weighted by Crippen LogP contribution is -2.41. The quantitative estimate of drug-likeness (QED) is 0.740. The maximum Gasteiger partial charge on any atom is 0.401 e. The van der Waals surface area contributed by atoms with Crippen molar-refractivity contribution in [3.63, 3.8) is 0 Å². The molecule has 0 aliphatic carbocycles. The van der Waals surface area contributed by atoms with Crippen LogP contribution in [-0.4, -0.2) is 43.3 Å². The lowest BCUT2D eigenvalue weighted by molar-refractivity contribution is -0.124. The van der Waals surface area contributed by atoms with Crippen LogP contribution in [0.25, 0.3) is 0 Å². The molecular weight excluding hydrogens is 217 g/mol. The second kappa shape index (κ2) is 6.45. The molecule has 1 heterocycles. The molecule has 0 aromatic rings. The van der Waals surface area contributed by atoms with Crippen molar-refractivity contribution in [2.75, 3.05) is 26.2 Å². The molecule has 0 aromatic carbocycles. The van der Waals surface area contributed by atoms with Crippen molar-refractivity contribution in [2.45, 2.75) is 44.8 Å². The molecule has 16 heavy (non-hydrogen) atoms. The zero-order chi connectivity index (χ0) is 12.0. The van der Waals surface area contributed by atoms with E-state index >= 15 is 0 Å². The van der Waals surface area contributed by atoms with Crippen molar-refractivity contribution < 1.29 is 13.2 Å². The molecule has 0 aromatic heterocycles. The summed E-state index contributed by atoms with van der Waals surface area (Å²) in [4.78, 5) is 2.37. The summed E-state index contributed by atoms with van der Waals surface area (Å²) in [5, 5.41) is 2.47. The molecule has 1 saturated heterocycles. The first-order valence-corrected chi connectivity index (χ1v) is 6.04. The largest absolute Gasteiger partial charge is 0.401 e. The number of piperidine rings is 1. The Balaban J connectivity index is 2.15. The lowest BCUT2D eigenvalue weighted by atomic mass is 9.99. The highest BCUT2D eigenvalue weighted by atomic mass is 19.4. The molecule has 0 amide bonds. The van der Waals surface area contributed by atoms with Gasteiger partial charge in [0.15, 0.2) is 0 Å². The Morgan fingerprint density at radius 1 is 1.31 bits per heavy atom. The third-order valence-corrected chi connectivity index (χ3v) is 3.14. The van der Waals surface area contributed by atoms with Crippen LogP contribution < -0.4 is 5.32 Å². The van der Waals surface area contributed by atoms with E-state index in [0.29, 0.717) is 12.6 Å². The summed E-state index contributed by atoms with van der Waals surface area (Å²) in [6.07, 6.45) is 0.295. The van der Waals surface area contributed by atoms with Gasteiger partial charge in [-0.3, -0.25) is 0 Å². The average Bonchev–Trinajstić information content (AvgIpc) is 2.23. The van der Waals surface area contributed by atoms with Gasteiger partial charge in [-0.2, -0.15) is 13.2 Å². The minimum atomic E-state index is -4.09. The molecular formula is C11H21F3N2. The number of hydrogen-bond acceptors (Lipinski definition) is 2. The molecule has 1 aliphatic rings. The average molecular weight is 238 g/mol. The normalized spacial score (nSPS) is 23.6. The molecule has 2 nitrogen and oxygen atoms in total. The van der Waals surface area contributed by atoms with Crippen LogP contribution in [0.3, 0.4) is 0 Å². The van der Waals surface area contributed by atoms with Gasteiger partial charge in [0.2, 0.25) is 0 Å². The van der Waals surface area contributed by atoms with E-state index < -0.39 is 12.7 Å². The summed E-state index contributed by atoms with van der Waals surface area (Å²) in [7, 11) is 0. The van der Waals surface area contributed by atoms with Crippen molar-refractivity contribution in [1.82, 2.24) is 10.2 Å². The number of nitrogens with zero attached hydrogens (tertiary/aromatic N) is 1. The van der Waals surface area contributed by atoms with Crippen molar-refractivity contribution in [1.29, 1.82) is 0 Å². The molecule has 1 N–H and O–H groups in total. The lowest BCUT2D eigenvalue weighted by Gasteiger charge is -2.35. The topological polar surface area (TPSA) is 15.3 Å². The van der Waals surface area contributed by atoms with Crippen LogP contribution in [0.2, 0.25) is 0 Å². The van der Waals surface area contributed by atoms with Gasteiger partial charge in [-0.25, -0.2) is 0 Å². The number of likely N-dealkylation sites (tertiary alicyclic amines) is 1. The van der Waals surface area contributed by atoms with E-state index in [0.717, 1.165) is 25.9 Å². The monoisotopic (exact) mass is 238 g/mol. The van der Waals surface area contributed by atoms with Crippen molar-refractivity contribution in [3.8, 4) is 0 Å². The van der Waals surface area contributed by atoms with Crippen LogP contribution in [0, 0.1) is 0 Å². The highest BCUT2D eigenvalue weighted by Gasteiger charge is 2.26. The van der Waals surface area contributed by atoms with E-state index in [9.17, 15) is 13.2 Å².